The minimum absolute atomic E-state index is 0.0522. The molecule has 1 unspecified atom stereocenters. The van der Waals surface area contributed by atoms with E-state index in [0.717, 1.165) is 12.1 Å². The smallest absolute Gasteiger partial charge is 0.336 e. The maximum atomic E-state index is 12.7. The molecule has 0 radical (unpaired) electrons. The van der Waals surface area contributed by atoms with Gasteiger partial charge in [0.1, 0.15) is 5.82 Å². The Labute approximate surface area is 75.0 Å². The van der Waals surface area contributed by atoms with Crippen molar-refractivity contribution < 1.29 is 14.3 Å². The van der Waals surface area contributed by atoms with Crippen LogP contribution in [0.1, 0.15) is 28.9 Å². The van der Waals surface area contributed by atoms with E-state index in [-0.39, 0.29) is 5.56 Å². The molecule has 70 valence electrons. The fraction of sp³-hybridized carbons (Fsp3) is 0.222. The molecule has 0 aliphatic heterocycles. The van der Waals surface area contributed by atoms with Crippen LogP contribution >= 0.6 is 0 Å². The number of nitrogens with two attached hydrogens (primary N) is 1. The molecule has 0 spiro atoms. The van der Waals surface area contributed by atoms with Crippen molar-refractivity contribution in [3.63, 3.8) is 0 Å². The predicted octanol–water partition coefficient (Wildman–Crippen LogP) is 1.54. The molecule has 13 heavy (non-hydrogen) atoms. The molecular weight excluding hydrogens is 173 g/mol. The van der Waals surface area contributed by atoms with Gasteiger partial charge in [-0.25, -0.2) is 9.18 Å². The Balaban J connectivity index is 3.26. The van der Waals surface area contributed by atoms with Gasteiger partial charge >= 0.3 is 5.97 Å². The molecule has 0 amide bonds. The van der Waals surface area contributed by atoms with Crippen LogP contribution in [-0.4, -0.2) is 11.1 Å². The van der Waals surface area contributed by atoms with Crippen molar-refractivity contribution in [1.82, 2.24) is 0 Å². The molecule has 0 saturated carbocycles. The first-order chi connectivity index (χ1) is 6.02. The number of hydrogen-bond acceptors (Lipinski definition) is 2. The van der Waals surface area contributed by atoms with Crippen LogP contribution in [0.25, 0.3) is 0 Å². The Morgan fingerprint density at radius 2 is 2.23 bits per heavy atom. The highest BCUT2D eigenvalue weighted by atomic mass is 19.1. The van der Waals surface area contributed by atoms with E-state index in [2.05, 4.69) is 0 Å². The van der Waals surface area contributed by atoms with E-state index >= 15 is 0 Å². The summed E-state index contributed by atoms with van der Waals surface area (Å²) in [5.41, 5.74) is 5.86. The zero-order chi connectivity index (χ0) is 10.0. The summed E-state index contributed by atoms with van der Waals surface area (Å²) in [6, 6.07) is 2.99. The molecular formula is C9H10FNO2. The number of aromatic carboxylic acids is 1. The van der Waals surface area contributed by atoms with E-state index < -0.39 is 17.8 Å². The largest absolute Gasteiger partial charge is 0.478 e. The molecule has 1 rings (SSSR count). The second-order valence-corrected chi connectivity index (χ2v) is 2.83. The van der Waals surface area contributed by atoms with Gasteiger partial charge in [-0.1, -0.05) is 0 Å². The van der Waals surface area contributed by atoms with Gasteiger partial charge in [-0.3, -0.25) is 0 Å². The van der Waals surface area contributed by atoms with Gasteiger partial charge in [-0.05, 0) is 30.7 Å². The molecule has 0 bridgehead atoms. The monoisotopic (exact) mass is 183 g/mol. The molecule has 1 aromatic rings. The van der Waals surface area contributed by atoms with Gasteiger partial charge < -0.3 is 10.8 Å². The predicted molar refractivity (Wildman–Crippen MR) is 46.0 cm³/mol. The number of carbonyl (C=O) groups is 1. The Morgan fingerprint density at radius 1 is 1.62 bits per heavy atom. The van der Waals surface area contributed by atoms with Gasteiger partial charge in [0.2, 0.25) is 0 Å². The Hall–Kier alpha value is -1.42. The lowest BCUT2D eigenvalue weighted by Gasteiger charge is -2.08. The van der Waals surface area contributed by atoms with Crippen LogP contribution < -0.4 is 5.73 Å². The number of benzene rings is 1. The van der Waals surface area contributed by atoms with Gasteiger partial charge in [0.05, 0.1) is 5.56 Å². The first-order valence-corrected chi connectivity index (χ1v) is 3.80. The van der Waals surface area contributed by atoms with Gasteiger partial charge in [-0.2, -0.15) is 0 Å². The molecule has 0 aliphatic carbocycles. The molecule has 1 aromatic carbocycles. The quantitative estimate of drug-likeness (QED) is 0.731. The molecule has 4 heteroatoms. The number of hydrogen-bond donors (Lipinski definition) is 2. The van der Waals surface area contributed by atoms with Crippen molar-refractivity contribution >= 4 is 5.97 Å². The second kappa shape index (κ2) is 3.53. The second-order valence-electron chi connectivity index (χ2n) is 2.83. The summed E-state index contributed by atoms with van der Waals surface area (Å²) < 4.78 is 12.7. The molecule has 0 saturated heterocycles. The zero-order valence-electron chi connectivity index (χ0n) is 7.12. The highest BCUT2D eigenvalue weighted by Crippen LogP contribution is 2.17. The minimum Gasteiger partial charge on any atom is -0.478 e. The summed E-state index contributed by atoms with van der Waals surface area (Å²) in [7, 11) is 0. The van der Waals surface area contributed by atoms with E-state index in [9.17, 15) is 9.18 Å². The maximum absolute atomic E-state index is 12.7. The summed E-state index contributed by atoms with van der Waals surface area (Å²) >= 11 is 0. The van der Waals surface area contributed by atoms with Crippen LogP contribution in [0.3, 0.4) is 0 Å². The molecule has 1 atom stereocenters. The SMILES string of the molecule is CC(N)c1cc(F)ccc1C(=O)O. The van der Waals surface area contributed by atoms with Gasteiger partial charge in [0.15, 0.2) is 0 Å². The van der Waals surface area contributed by atoms with Crippen molar-refractivity contribution in [2.75, 3.05) is 0 Å². The van der Waals surface area contributed by atoms with Crippen LogP contribution in [0.5, 0.6) is 0 Å². The van der Waals surface area contributed by atoms with Crippen molar-refractivity contribution in [1.29, 1.82) is 0 Å². The maximum Gasteiger partial charge on any atom is 0.336 e. The topological polar surface area (TPSA) is 63.3 Å². The number of carboxylic acid groups (broad SMARTS) is 1. The van der Waals surface area contributed by atoms with Crippen LogP contribution in [0.2, 0.25) is 0 Å². The summed E-state index contributed by atoms with van der Waals surface area (Å²) in [6.45, 7) is 1.61. The van der Waals surface area contributed by atoms with E-state index in [1.54, 1.807) is 6.92 Å². The molecule has 0 aromatic heterocycles. The van der Waals surface area contributed by atoms with Gasteiger partial charge in [0.25, 0.3) is 0 Å². The van der Waals surface area contributed by atoms with Crippen LogP contribution in [0, 0.1) is 5.82 Å². The molecule has 0 fully saturated rings. The van der Waals surface area contributed by atoms with Crippen LogP contribution in [-0.2, 0) is 0 Å². The van der Waals surface area contributed by atoms with E-state index in [1.165, 1.54) is 6.07 Å². The third-order valence-electron chi connectivity index (χ3n) is 1.73. The standard InChI is InChI=1S/C9H10FNO2/c1-5(11)8-4-6(10)2-3-7(8)9(12)13/h2-5H,11H2,1H3,(H,12,13). The fourth-order valence-electron chi connectivity index (χ4n) is 1.11. The number of carboxylic acids is 1. The lowest BCUT2D eigenvalue weighted by Crippen LogP contribution is -2.12. The van der Waals surface area contributed by atoms with E-state index in [1.807, 2.05) is 0 Å². The van der Waals surface area contributed by atoms with Gasteiger partial charge in [-0.15, -0.1) is 0 Å². The average molecular weight is 183 g/mol. The third kappa shape index (κ3) is 2.03. The Kier molecular flexibility index (Phi) is 2.63. The van der Waals surface area contributed by atoms with Crippen LogP contribution in [0.15, 0.2) is 18.2 Å². The summed E-state index contributed by atoms with van der Waals surface area (Å²) in [4.78, 5) is 10.7. The highest BCUT2D eigenvalue weighted by Gasteiger charge is 2.13. The number of rotatable bonds is 2. The Bertz CT molecular complexity index is 336. The minimum atomic E-state index is -1.09. The lowest BCUT2D eigenvalue weighted by atomic mass is 10.0. The molecule has 3 N–H and O–H groups in total. The van der Waals surface area contributed by atoms with Gasteiger partial charge in [0, 0.05) is 6.04 Å². The summed E-state index contributed by atoms with van der Waals surface area (Å²) in [6.07, 6.45) is 0. The number of halogens is 1. The fourth-order valence-corrected chi connectivity index (χ4v) is 1.11. The normalized spacial score (nSPS) is 12.5. The van der Waals surface area contributed by atoms with Crippen molar-refractivity contribution in [2.24, 2.45) is 5.73 Å². The molecule has 0 aliphatic rings. The highest BCUT2D eigenvalue weighted by molar-refractivity contribution is 5.89. The van der Waals surface area contributed by atoms with E-state index in [0.29, 0.717) is 5.56 Å². The lowest BCUT2D eigenvalue weighted by molar-refractivity contribution is 0.0695. The first kappa shape index (κ1) is 9.67. The van der Waals surface area contributed by atoms with Crippen molar-refractivity contribution in [2.45, 2.75) is 13.0 Å². The summed E-state index contributed by atoms with van der Waals surface area (Å²) in [5.74, 6) is -1.57. The van der Waals surface area contributed by atoms with E-state index in [4.69, 9.17) is 10.8 Å². The van der Waals surface area contributed by atoms with Crippen LogP contribution in [0.4, 0.5) is 4.39 Å². The van der Waals surface area contributed by atoms with Crippen molar-refractivity contribution in [3.05, 3.63) is 35.1 Å². The first-order valence-electron chi connectivity index (χ1n) is 3.80. The summed E-state index contributed by atoms with van der Waals surface area (Å²) in [5, 5.41) is 8.73. The zero-order valence-corrected chi connectivity index (χ0v) is 7.12. The van der Waals surface area contributed by atoms with Crippen molar-refractivity contribution in [3.8, 4) is 0 Å². The third-order valence-corrected chi connectivity index (χ3v) is 1.73. The molecule has 0 heterocycles. The Morgan fingerprint density at radius 3 is 2.69 bits per heavy atom. The average Bonchev–Trinajstić information content (AvgIpc) is 2.03. The molecule has 3 nitrogen and oxygen atoms in total.